The zero-order valence-electron chi connectivity index (χ0n) is 11.7. The van der Waals surface area contributed by atoms with Crippen LogP contribution in [-0.2, 0) is 0 Å². The second kappa shape index (κ2) is 4.88. The molecular weight excluding hydrogens is 369 g/mol. The molecule has 0 atom stereocenters. The van der Waals surface area contributed by atoms with Gasteiger partial charge in [0.2, 0.25) is 0 Å². The van der Waals surface area contributed by atoms with Crippen LogP contribution < -0.4 is 0 Å². The van der Waals surface area contributed by atoms with Gasteiger partial charge in [0, 0.05) is 20.0 Å². The maximum atomic E-state index is 2.44. The van der Waals surface area contributed by atoms with E-state index in [9.17, 15) is 0 Å². The van der Waals surface area contributed by atoms with E-state index < -0.39 is 0 Å². The third kappa shape index (κ3) is 1.89. The van der Waals surface area contributed by atoms with Gasteiger partial charge in [0.1, 0.15) is 0 Å². The Morgan fingerprint density at radius 3 is 2.38 bits per heavy atom. The van der Waals surface area contributed by atoms with Gasteiger partial charge in [-0.15, -0.1) is 0 Å². The van der Waals surface area contributed by atoms with Crippen molar-refractivity contribution in [2.45, 2.75) is 6.92 Å². The lowest BCUT2D eigenvalue weighted by atomic mass is 10.1. The van der Waals surface area contributed by atoms with E-state index in [1.807, 2.05) is 0 Å². The summed E-state index contributed by atoms with van der Waals surface area (Å²) in [6.07, 6.45) is 0. The van der Waals surface area contributed by atoms with Gasteiger partial charge in [0.25, 0.3) is 0 Å². The van der Waals surface area contributed by atoms with Crippen LogP contribution >= 0.6 is 22.6 Å². The molecule has 0 aliphatic rings. The minimum atomic E-state index is 1.22. The normalized spacial score (nSPS) is 11.3. The van der Waals surface area contributed by atoms with Crippen LogP contribution in [0.1, 0.15) is 5.56 Å². The van der Waals surface area contributed by atoms with Crippen molar-refractivity contribution in [1.82, 2.24) is 4.57 Å². The van der Waals surface area contributed by atoms with Crippen molar-refractivity contribution < 1.29 is 0 Å². The van der Waals surface area contributed by atoms with E-state index in [1.165, 1.54) is 36.6 Å². The highest BCUT2D eigenvalue weighted by molar-refractivity contribution is 14.1. The number of para-hydroxylation sites is 2. The lowest BCUT2D eigenvalue weighted by Gasteiger charge is -2.08. The van der Waals surface area contributed by atoms with Gasteiger partial charge in [-0.05, 0) is 59.3 Å². The van der Waals surface area contributed by atoms with Gasteiger partial charge >= 0.3 is 0 Å². The monoisotopic (exact) mass is 383 g/mol. The van der Waals surface area contributed by atoms with E-state index in [1.54, 1.807) is 0 Å². The van der Waals surface area contributed by atoms with Crippen LogP contribution in [-0.4, -0.2) is 4.57 Å². The van der Waals surface area contributed by atoms with Gasteiger partial charge in [-0.3, -0.25) is 0 Å². The van der Waals surface area contributed by atoms with Crippen molar-refractivity contribution in [3.63, 3.8) is 0 Å². The molecule has 1 aromatic heterocycles. The number of hydrogen-bond donors (Lipinski definition) is 0. The Morgan fingerprint density at radius 2 is 1.57 bits per heavy atom. The largest absolute Gasteiger partial charge is 0.308 e. The molecule has 4 rings (SSSR count). The molecule has 0 amide bonds. The van der Waals surface area contributed by atoms with Crippen molar-refractivity contribution >= 4 is 44.4 Å². The summed E-state index contributed by atoms with van der Waals surface area (Å²) in [5.41, 5.74) is 5.12. The van der Waals surface area contributed by atoms with E-state index in [0.717, 1.165) is 0 Å². The smallest absolute Gasteiger partial charge is 0.0674 e. The molecule has 0 saturated heterocycles. The molecule has 0 bridgehead atoms. The summed E-state index contributed by atoms with van der Waals surface area (Å²) in [7, 11) is 0. The van der Waals surface area contributed by atoms with Gasteiger partial charge in [0.05, 0.1) is 11.0 Å². The summed E-state index contributed by atoms with van der Waals surface area (Å²) in [6.45, 7) is 2.19. The summed E-state index contributed by atoms with van der Waals surface area (Å²) < 4.78 is 3.66. The lowest BCUT2D eigenvalue weighted by Crippen LogP contribution is -1.94. The average molecular weight is 383 g/mol. The summed E-state index contributed by atoms with van der Waals surface area (Å²) in [6, 6.07) is 23.7. The summed E-state index contributed by atoms with van der Waals surface area (Å²) in [4.78, 5) is 0. The van der Waals surface area contributed by atoms with Crippen molar-refractivity contribution in [1.29, 1.82) is 0 Å². The van der Waals surface area contributed by atoms with Crippen LogP contribution in [0.3, 0.4) is 0 Å². The predicted octanol–water partition coefficient (Wildman–Crippen LogP) is 5.70. The molecule has 0 spiro atoms. The average Bonchev–Trinajstić information content (AvgIpc) is 2.85. The van der Waals surface area contributed by atoms with Crippen LogP contribution in [0.5, 0.6) is 0 Å². The Hall–Kier alpha value is -1.81. The SMILES string of the molecule is Cc1cccc2c1c1cccc(I)c1n2-c1ccccc1. The molecule has 102 valence electrons. The fourth-order valence-corrected chi connectivity index (χ4v) is 3.84. The fraction of sp³-hybridized carbons (Fsp3) is 0.0526. The van der Waals surface area contributed by atoms with Crippen molar-refractivity contribution in [3.8, 4) is 5.69 Å². The second-order valence-electron chi connectivity index (χ2n) is 5.28. The highest BCUT2D eigenvalue weighted by atomic mass is 127. The molecule has 21 heavy (non-hydrogen) atoms. The minimum Gasteiger partial charge on any atom is -0.308 e. The van der Waals surface area contributed by atoms with Gasteiger partial charge in [-0.2, -0.15) is 0 Å². The highest BCUT2D eigenvalue weighted by Crippen LogP contribution is 2.35. The van der Waals surface area contributed by atoms with E-state index in [4.69, 9.17) is 0 Å². The number of hydrogen-bond acceptors (Lipinski definition) is 0. The minimum absolute atomic E-state index is 1.22. The summed E-state index contributed by atoms with van der Waals surface area (Å²) in [5.74, 6) is 0. The third-order valence-corrected chi connectivity index (χ3v) is 4.86. The first-order valence-electron chi connectivity index (χ1n) is 7.01. The highest BCUT2D eigenvalue weighted by Gasteiger charge is 2.15. The van der Waals surface area contributed by atoms with Crippen molar-refractivity contribution in [3.05, 3.63) is 75.9 Å². The first kappa shape index (κ1) is 12.9. The van der Waals surface area contributed by atoms with Crippen LogP contribution in [0.15, 0.2) is 66.7 Å². The number of benzene rings is 3. The number of fused-ring (bicyclic) bond motifs is 3. The molecule has 3 aromatic carbocycles. The molecule has 0 fully saturated rings. The molecule has 0 saturated carbocycles. The lowest BCUT2D eigenvalue weighted by molar-refractivity contribution is 1.17. The Bertz CT molecular complexity index is 952. The van der Waals surface area contributed by atoms with Crippen LogP contribution in [0.4, 0.5) is 0 Å². The Labute approximate surface area is 137 Å². The number of halogens is 1. The topological polar surface area (TPSA) is 4.93 Å². The maximum Gasteiger partial charge on any atom is 0.0674 e. The number of rotatable bonds is 1. The number of aromatic nitrogens is 1. The molecule has 2 heteroatoms. The van der Waals surface area contributed by atoms with Crippen molar-refractivity contribution in [2.75, 3.05) is 0 Å². The zero-order chi connectivity index (χ0) is 14.4. The Kier molecular flexibility index (Phi) is 3.00. The molecule has 4 aromatic rings. The molecule has 0 N–H and O–H groups in total. The van der Waals surface area contributed by atoms with E-state index in [2.05, 4.69) is 101 Å². The van der Waals surface area contributed by atoms with E-state index >= 15 is 0 Å². The maximum absolute atomic E-state index is 2.44. The fourth-order valence-electron chi connectivity index (χ4n) is 3.10. The van der Waals surface area contributed by atoms with Gasteiger partial charge in [0.15, 0.2) is 0 Å². The Morgan fingerprint density at radius 1 is 0.810 bits per heavy atom. The second-order valence-corrected chi connectivity index (χ2v) is 6.44. The standard InChI is InChI=1S/C19H14IN/c1-13-7-5-12-17-18(13)15-10-6-11-16(20)19(15)21(17)14-8-3-2-4-9-14/h2-12H,1H3. The van der Waals surface area contributed by atoms with Gasteiger partial charge in [-0.25, -0.2) is 0 Å². The van der Waals surface area contributed by atoms with Crippen LogP contribution in [0.2, 0.25) is 0 Å². The number of nitrogens with zero attached hydrogens (tertiary/aromatic N) is 1. The van der Waals surface area contributed by atoms with Crippen molar-refractivity contribution in [2.24, 2.45) is 0 Å². The molecule has 1 nitrogen and oxygen atoms in total. The quantitative estimate of drug-likeness (QED) is 0.372. The summed E-state index contributed by atoms with van der Waals surface area (Å²) in [5, 5.41) is 2.69. The predicted molar refractivity (Wildman–Crippen MR) is 98.2 cm³/mol. The molecule has 0 aliphatic heterocycles. The van der Waals surface area contributed by atoms with E-state index in [0.29, 0.717) is 0 Å². The van der Waals surface area contributed by atoms with Gasteiger partial charge < -0.3 is 4.57 Å². The third-order valence-electron chi connectivity index (χ3n) is 3.99. The molecule has 0 aliphatic carbocycles. The van der Waals surface area contributed by atoms with E-state index in [-0.39, 0.29) is 0 Å². The van der Waals surface area contributed by atoms with Gasteiger partial charge in [-0.1, -0.05) is 42.5 Å². The Balaban J connectivity index is 2.30. The zero-order valence-corrected chi connectivity index (χ0v) is 13.8. The van der Waals surface area contributed by atoms with Crippen LogP contribution in [0.25, 0.3) is 27.5 Å². The molecule has 1 heterocycles. The molecule has 0 unspecified atom stereocenters. The molecule has 0 radical (unpaired) electrons. The first-order valence-corrected chi connectivity index (χ1v) is 8.09. The first-order chi connectivity index (χ1) is 10.3. The van der Waals surface area contributed by atoms with Crippen LogP contribution in [0, 0.1) is 10.5 Å². The number of aryl methyl sites for hydroxylation is 1. The molecular formula is C19H14IN. The summed E-state index contributed by atoms with van der Waals surface area (Å²) >= 11 is 2.44.